The summed E-state index contributed by atoms with van der Waals surface area (Å²) in [6, 6.07) is 12.5. The Morgan fingerprint density at radius 1 is 1.29 bits per heavy atom. The number of methoxy groups -OCH3 is 1. The van der Waals surface area contributed by atoms with Crippen molar-refractivity contribution in [3.8, 4) is 10.4 Å². The lowest BCUT2D eigenvalue weighted by Crippen LogP contribution is -2.39. The summed E-state index contributed by atoms with van der Waals surface area (Å²) in [7, 11) is 1.51. The second-order valence-electron chi connectivity index (χ2n) is 6.92. The van der Waals surface area contributed by atoms with Crippen LogP contribution in [0.5, 0.6) is 0 Å². The van der Waals surface area contributed by atoms with E-state index >= 15 is 0 Å². The molecule has 0 spiro atoms. The van der Waals surface area contributed by atoms with Crippen LogP contribution in [0.1, 0.15) is 5.56 Å². The highest BCUT2D eigenvalue weighted by Gasteiger charge is 2.31. The predicted molar refractivity (Wildman–Crippen MR) is 112 cm³/mol. The fourth-order valence-corrected chi connectivity index (χ4v) is 4.24. The molecule has 5 nitrogen and oxygen atoms in total. The molecule has 2 heterocycles. The summed E-state index contributed by atoms with van der Waals surface area (Å²) < 4.78 is 5.00. The van der Waals surface area contributed by atoms with E-state index in [1.165, 1.54) is 17.6 Å². The lowest BCUT2D eigenvalue weighted by molar-refractivity contribution is -0.136. The largest absolute Gasteiger partial charge is 0.375 e. The third-order valence-corrected chi connectivity index (χ3v) is 5.87. The maximum absolute atomic E-state index is 13.0. The summed E-state index contributed by atoms with van der Waals surface area (Å²) in [5.74, 6) is -0.264. The highest BCUT2D eigenvalue weighted by Crippen LogP contribution is 2.26. The van der Waals surface area contributed by atoms with E-state index in [0.717, 1.165) is 5.56 Å². The van der Waals surface area contributed by atoms with Gasteiger partial charge >= 0.3 is 0 Å². The van der Waals surface area contributed by atoms with Crippen LogP contribution >= 0.6 is 11.3 Å². The van der Waals surface area contributed by atoms with Crippen LogP contribution in [0.25, 0.3) is 10.4 Å². The molecular weight excluding hydrogens is 372 g/mol. The maximum Gasteiger partial charge on any atom is 0.248 e. The van der Waals surface area contributed by atoms with E-state index in [9.17, 15) is 9.59 Å². The van der Waals surface area contributed by atoms with Gasteiger partial charge in [-0.25, -0.2) is 0 Å². The molecule has 2 amide bonds. The molecule has 0 bridgehead atoms. The van der Waals surface area contributed by atoms with Crippen LogP contribution in [0.2, 0.25) is 0 Å². The van der Waals surface area contributed by atoms with Crippen LogP contribution in [-0.2, 0) is 20.7 Å². The third kappa shape index (κ3) is 4.88. The standard InChI is InChI=1S/C22H26N2O3S/c1-3-10-23-11-12-24(21(25)16-27-2)15-19(22(23)26)14-17-6-8-18(9-7-17)20-5-4-13-28-20/h3-9,13,19H,1,10-12,14-16H2,2H3/t19-/m1/s1. The number of carbonyl (C=O) groups is 2. The van der Waals surface area contributed by atoms with E-state index in [-0.39, 0.29) is 24.3 Å². The van der Waals surface area contributed by atoms with Crippen molar-refractivity contribution in [2.24, 2.45) is 5.92 Å². The van der Waals surface area contributed by atoms with Gasteiger partial charge in [0, 0.05) is 38.2 Å². The van der Waals surface area contributed by atoms with Crippen molar-refractivity contribution in [1.82, 2.24) is 9.80 Å². The van der Waals surface area contributed by atoms with Gasteiger partial charge in [0.2, 0.25) is 11.8 Å². The molecule has 3 rings (SSSR count). The molecule has 0 aliphatic carbocycles. The van der Waals surface area contributed by atoms with Crippen molar-refractivity contribution in [2.75, 3.05) is 39.9 Å². The highest BCUT2D eigenvalue weighted by molar-refractivity contribution is 7.13. The minimum absolute atomic E-state index is 0.0396. The molecule has 0 unspecified atom stereocenters. The Morgan fingerprint density at radius 3 is 2.71 bits per heavy atom. The number of benzene rings is 1. The summed E-state index contributed by atoms with van der Waals surface area (Å²) in [6.45, 7) is 5.75. The Balaban J connectivity index is 1.76. The number of ether oxygens (including phenoxy) is 1. The normalized spacial score (nSPS) is 17.5. The molecule has 6 heteroatoms. The molecule has 1 aromatic heterocycles. The number of thiophene rings is 1. The summed E-state index contributed by atoms with van der Waals surface area (Å²) >= 11 is 1.71. The van der Waals surface area contributed by atoms with E-state index in [0.29, 0.717) is 32.6 Å². The van der Waals surface area contributed by atoms with Gasteiger partial charge in [-0.15, -0.1) is 17.9 Å². The first-order chi connectivity index (χ1) is 13.6. The molecule has 28 heavy (non-hydrogen) atoms. The Morgan fingerprint density at radius 2 is 2.07 bits per heavy atom. The number of carbonyl (C=O) groups excluding carboxylic acids is 2. The average molecular weight is 399 g/mol. The lowest BCUT2D eigenvalue weighted by atomic mass is 9.96. The van der Waals surface area contributed by atoms with Crippen LogP contribution in [0.15, 0.2) is 54.4 Å². The topological polar surface area (TPSA) is 49.9 Å². The second-order valence-corrected chi connectivity index (χ2v) is 7.87. The molecule has 148 valence electrons. The Labute approximate surface area is 170 Å². The first kappa shape index (κ1) is 20.3. The number of hydrogen-bond donors (Lipinski definition) is 0. The molecular formula is C22H26N2O3S. The summed E-state index contributed by atoms with van der Waals surface area (Å²) in [4.78, 5) is 30.1. The van der Waals surface area contributed by atoms with Gasteiger partial charge in [-0.2, -0.15) is 0 Å². The van der Waals surface area contributed by atoms with E-state index in [4.69, 9.17) is 4.74 Å². The van der Waals surface area contributed by atoms with Crippen LogP contribution in [0, 0.1) is 5.92 Å². The van der Waals surface area contributed by atoms with Gasteiger partial charge in [0.15, 0.2) is 0 Å². The smallest absolute Gasteiger partial charge is 0.248 e. The van der Waals surface area contributed by atoms with Crippen LogP contribution in [0.4, 0.5) is 0 Å². The summed E-state index contributed by atoms with van der Waals surface area (Å²) in [6.07, 6.45) is 2.34. The zero-order chi connectivity index (χ0) is 19.9. The molecule has 0 saturated carbocycles. The van der Waals surface area contributed by atoms with Gasteiger partial charge in [-0.1, -0.05) is 36.4 Å². The van der Waals surface area contributed by atoms with Crippen LogP contribution in [-0.4, -0.2) is 61.5 Å². The molecule has 1 atom stereocenters. The molecule has 1 aliphatic heterocycles. The minimum Gasteiger partial charge on any atom is -0.375 e. The second kappa shape index (κ2) is 9.66. The average Bonchev–Trinajstić information content (AvgIpc) is 3.19. The van der Waals surface area contributed by atoms with Gasteiger partial charge < -0.3 is 14.5 Å². The fourth-order valence-electron chi connectivity index (χ4n) is 3.51. The quantitative estimate of drug-likeness (QED) is 0.674. The highest BCUT2D eigenvalue weighted by atomic mass is 32.1. The zero-order valence-electron chi connectivity index (χ0n) is 16.2. The Hall–Kier alpha value is -2.44. The van der Waals surface area contributed by atoms with Crippen molar-refractivity contribution in [3.05, 3.63) is 60.0 Å². The lowest BCUT2D eigenvalue weighted by Gasteiger charge is -2.23. The van der Waals surface area contributed by atoms with Gasteiger partial charge in [0.1, 0.15) is 6.61 Å². The fraction of sp³-hybridized carbons (Fsp3) is 0.364. The molecule has 1 aliphatic rings. The first-order valence-electron chi connectivity index (χ1n) is 9.41. The van der Waals surface area contributed by atoms with Crippen molar-refractivity contribution in [2.45, 2.75) is 6.42 Å². The van der Waals surface area contributed by atoms with Gasteiger partial charge in [0.05, 0.1) is 5.92 Å². The molecule has 0 N–H and O–H groups in total. The van der Waals surface area contributed by atoms with Crippen LogP contribution < -0.4 is 0 Å². The SMILES string of the molecule is C=CCN1CCN(C(=O)COC)C[C@@H](Cc2ccc(-c3cccs3)cc2)C1=O. The minimum atomic E-state index is -0.268. The van der Waals surface area contributed by atoms with Crippen molar-refractivity contribution in [3.63, 3.8) is 0 Å². The summed E-state index contributed by atoms with van der Waals surface area (Å²) in [5, 5.41) is 2.06. The van der Waals surface area contributed by atoms with E-state index in [2.05, 4.69) is 42.3 Å². The molecule has 0 radical (unpaired) electrons. The molecule has 1 saturated heterocycles. The third-order valence-electron chi connectivity index (χ3n) is 4.95. The number of hydrogen-bond acceptors (Lipinski definition) is 4. The summed E-state index contributed by atoms with van der Waals surface area (Å²) in [5.41, 5.74) is 2.27. The van der Waals surface area contributed by atoms with Crippen LogP contribution in [0.3, 0.4) is 0 Å². The Bertz CT molecular complexity index is 802. The van der Waals surface area contributed by atoms with Gasteiger partial charge in [-0.3, -0.25) is 9.59 Å². The monoisotopic (exact) mass is 398 g/mol. The number of amides is 2. The van der Waals surface area contributed by atoms with Crippen molar-refractivity contribution in [1.29, 1.82) is 0 Å². The first-order valence-corrected chi connectivity index (χ1v) is 10.3. The molecule has 2 aromatic rings. The zero-order valence-corrected chi connectivity index (χ0v) is 17.0. The molecule has 1 fully saturated rings. The van der Waals surface area contributed by atoms with E-state index in [1.54, 1.807) is 27.2 Å². The Kier molecular flexibility index (Phi) is 7.01. The van der Waals surface area contributed by atoms with Gasteiger partial charge in [-0.05, 0) is 29.0 Å². The number of nitrogens with zero attached hydrogens (tertiary/aromatic N) is 2. The van der Waals surface area contributed by atoms with E-state index < -0.39 is 0 Å². The predicted octanol–water partition coefficient (Wildman–Crippen LogP) is 3.08. The molecule has 1 aromatic carbocycles. The van der Waals surface area contributed by atoms with Crippen molar-refractivity contribution < 1.29 is 14.3 Å². The van der Waals surface area contributed by atoms with E-state index in [1.807, 2.05) is 6.07 Å². The number of rotatable bonds is 7. The maximum atomic E-state index is 13.0. The van der Waals surface area contributed by atoms with Gasteiger partial charge in [0.25, 0.3) is 0 Å². The van der Waals surface area contributed by atoms with Crippen molar-refractivity contribution >= 4 is 23.2 Å².